The first-order valence-electron chi connectivity index (χ1n) is 4.84. The second-order valence-corrected chi connectivity index (χ2v) is 3.57. The highest BCUT2D eigenvalue weighted by molar-refractivity contribution is 5.72. The van der Waals surface area contributed by atoms with Crippen molar-refractivity contribution in [3.63, 3.8) is 0 Å². The van der Waals surface area contributed by atoms with Crippen molar-refractivity contribution in [2.45, 2.75) is 19.8 Å². The normalized spacial score (nSPS) is 11.1. The van der Waals surface area contributed by atoms with Crippen LogP contribution < -0.4 is 4.74 Å². The van der Waals surface area contributed by atoms with Gasteiger partial charge in [-0.15, -0.1) is 13.2 Å². The van der Waals surface area contributed by atoms with Gasteiger partial charge in [-0.1, -0.05) is 12.1 Å². The fourth-order valence-corrected chi connectivity index (χ4v) is 1.18. The molecule has 17 heavy (non-hydrogen) atoms. The van der Waals surface area contributed by atoms with Crippen LogP contribution in [0.15, 0.2) is 24.3 Å². The molecule has 0 bridgehead atoms. The second kappa shape index (κ2) is 5.07. The molecule has 0 saturated heterocycles. The zero-order valence-corrected chi connectivity index (χ0v) is 9.41. The van der Waals surface area contributed by atoms with Crippen LogP contribution in [0.4, 0.5) is 13.2 Å². The number of carbonyl (C=O) groups is 1. The summed E-state index contributed by atoms with van der Waals surface area (Å²) in [5.74, 6) is -0.382. The summed E-state index contributed by atoms with van der Waals surface area (Å²) in [5, 5.41) is 0. The molecule has 0 aliphatic rings. The molecule has 1 rings (SSSR count). The van der Waals surface area contributed by atoms with Gasteiger partial charge in [0.15, 0.2) is 0 Å². The fourth-order valence-electron chi connectivity index (χ4n) is 1.18. The summed E-state index contributed by atoms with van der Waals surface area (Å²) in [6.07, 6.45) is -4.68. The number of benzene rings is 1. The highest BCUT2D eigenvalue weighted by Gasteiger charge is 2.30. The number of rotatable bonds is 3. The monoisotopic (exact) mass is 247 g/mol. The van der Waals surface area contributed by atoms with Crippen molar-refractivity contribution in [1.82, 2.24) is 4.90 Å². The van der Waals surface area contributed by atoms with Crippen molar-refractivity contribution < 1.29 is 22.7 Å². The molecule has 1 aromatic rings. The molecule has 0 N–H and O–H groups in total. The molecular formula is C11H12F3NO2. The van der Waals surface area contributed by atoms with Gasteiger partial charge in [0.05, 0.1) is 0 Å². The SMILES string of the molecule is CC(=O)N(C)Cc1ccc(OC(F)(F)F)cc1. The van der Waals surface area contributed by atoms with E-state index in [1.54, 1.807) is 7.05 Å². The van der Waals surface area contributed by atoms with E-state index in [0.717, 1.165) is 5.56 Å². The molecule has 0 aromatic heterocycles. The lowest BCUT2D eigenvalue weighted by molar-refractivity contribution is -0.274. The smallest absolute Gasteiger partial charge is 0.406 e. The maximum absolute atomic E-state index is 11.9. The van der Waals surface area contributed by atoms with E-state index >= 15 is 0 Å². The third-order valence-corrected chi connectivity index (χ3v) is 2.11. The van der Waals surface area contributed by atoms with Gasteiger partial charge in [-0.3, -0.25) is 4.79 Å². The van der Waals surface area contributed by atoms with Crippen LogP contribution in [0, 0.1) is 0 Å². The fraction of sp³-hybridized carbons (Fsp3) is 0.364. The first-order chi connectivity index (χ1) is 7.78. The number of amides is 1. The highest BCUT2D eigenvalue weighted by atomic mass is 19.4. The molecule has 1 amide bonds. The third kappa shape index (κ3) is 4.76. The van der Waals surface area contributed by atoms with Gasteiger partial charge in [0.1, 0.15) is 5.75 Å². The zero-order chi connectivity index (χ0) is 13.1. The second-order valence-electron chi connectivity index (χ2n) is 3.57. The van der Waals surface area contributed by atoms with Crippen LogP contribution in [0.2, 0.25) is 0 Å². The molecule has 3 nitrogen and oxygen atoms in total. The molecule has 0 spiro atoms. The summed E-state index contributed by atoms with van der Waals surface area (Å²) in [4.78, 5) is 12.4. The van der Waals surface area contributed by atoms with E-state index in [-0.39, 0.29) is 11.7 Å². The van der Waals surface area contributed by atoms with Crippen molar-refractivity contribution in [3.05, 3.63) is 29.8 Å². The van der Waals surface area contributed by atoms with E-state index in [0.29, 0.717) is 6.54 Å². The van der Waals surface area contributed by atoms with Crippen LogP contribution in [0.1, 0.15) is 12.5 Å². The van der Waals surface area contributed by atoms with E-state index in [1.807, 2.05) is 0 Å². The van der Waals surface area contributed by atoms with E-state index in [2.05, 4.69) is 4.74 Å². The summed E-state index contributed by atoms with van der Waals surface area (Å²) < 4.78 is 39.4. The zero-order valence-electron chi connectivity index (χ0n) is 9.41. The van der Waals surface area contributed by atoms with Crippen LogP contribution in [-0.2, 0) is 11.3 Å². The number of carbonyl (C=O) groups excluding carboxylic acids is 1. The number of ether oxygens (including phenoxy) is 1. The minimum absolute atomic E-state index is 0.111. The lowest BCUT2D eigenvalue weighted by Gasteiger charge is -2.15. The van der Waals surface area contributed by atoms with Gasteiger partial charge in [-0.2, -0.15) is 0 Å². The lowest BCUT2D eigenvalue weighted by Crippen LogP contribution is -2.23. The Morgan fingerprint density at radius 1 is 1.29 bits per heavy atom. The van der Waals surface area contributed by atoms with Crippen molar-refractivity contribution >= 4 is 5.91 Å². The highest BCUT2D eigenvalue weighted by Crippen LogP contribution is 2.22. The van der Waals surface area contributed by atoms with Gasteiger partial charge in [-0.25, -0.2) is 0 Å². The Morgan fingerprint density at radius 2 is 1.82 bits per heavy atom. The largest absolute Gasteiger partial charge is 0.573 e. The summed E-state index contributed by atoms with van der Waals surface area (Å²) >= 11 is 0. The number of halogens is 3. The third-order valence-electron chi connectivity index (χ3n) is 2.11. The van der Waals surface area contributed by atoms with Crippen LogP contribution in [0.5, 0.6) is 5.75 Å². The molecule has 0 heterocycles. The summed E-state index contributed by atoms with van der Waals surface area (Å²) in [6.45, 7) is 1.77. The van der Waals surface area contributed by atoms with Gasteiger partial charge in [0, 0.05) is 20.5 Å². The number of hydrogen-bond donors (Lipinski definition) is 0. The minimum Gasteiger partial charge on any atom is -0.406 e. The molecule has 0 aliphatic heterocycles. The average molecular weight is 247 g/mol. The maximum atomic E-state index is 11.9. The quantitative estimate of drug-likeness (QED) is 0.821. The lowest BCUT2D eigenvalue weighted by atomic mass is 10.2. The van der Waals surface area contributed by atoms with Crippen molar-refractivity contribution in [2.75, 3.05) is 7.05 Å². The van der Waals surface area contributed by atoms with Crippen molar-refractivity contribution in [1.29, 1.82) is 0 Å². The van der Waals surface area contributed by atoms with Gasteiger partial charge in [-0.05, 0) is 17.7 Å². The van der Waals surface area contributed by atoms with Crippen LogP contribution in [0.25, 0.3) is 0 Å². The molecule has 6 heteroatoms. The molecular weight excluding hydrogens is 235 g/mol. The Bertz CT molecular complexity index is 387. The van der Waals surface area contributed by atoms with E-state index in [4.69, 9.17) is 0 Å². The van der Waals surface area contributed by atoms with Gasteiger partial charge in [0.2, 0.25) is 5.91 Å². The van der Waals surface area contributed by atoms with E-state index < -0.39 is 6.36 Å². The van der Waals surface area contributed by atoms with Crippen LogP contribution >= 0.6 is 0 Å². The van der Waals surface area contributed by atoms with Gasteiger partial charge < -0.3 is 9.64 Å². The average Bonchev–Trinajstić information content (AvgIpc) is 2.18. The standard InChI is InChI=1S/C11H12F3NO2/c1-8(16)15(2)7-9-3-5-10(6-4-9)17-11(12,13)14/h3-6H,7H2,1-2H3. The molecule has 0 aliphatic carbocycles. The Balaban J connectivity index is 2.65. The number of hydrogen-bond acceptors (Lipinski definition) is 2. The topological polar surface area (TPSA) is 29.5 Å². The summed E-state index contributed by atoms with van der Waals surface area (Å²) in [6, 6.07) is 5.41. The molecule has 0 unspecified atom stereocenters. The summed E-state index contributed by atoms with van der Waals surface area (Å²) in [5.41, 5.74) is 0.734. The van der Waals surface area contributed by atoms with E-state index in [9.17, 15) is 18.0 Å². The minimum atomic E-state index is -4.68. The number of nitrogens with zero attached hydrogens (tertiary/aromatic N) is 1. The summed E-state index contributed by atoms with van der Waals surface area (Å²) in [7, 11) is 1.61. The Morgan fingerprint density at radius 3 is 2.24 bits per heavy atom. The predicted octanol–water partition coefficient (Wildman–Crippen LogP) is 2.56. The van der Waals surface area contributed by atoms with Crippen molar-refractivity contribution in [3.8, 4) is 5.75 Å². The number of alkyl halides is 3. The molecule has 0 fully saturated rings. The molecule has 0 atom stereocenters. The molecule has 0 saturated carbocycles. The predicted molar refractivity (Wildman–Crippen MR) is 55.3 cm³/mol. The Labute approximate surface area is 96.8 Å². The first-order valence-corrected chi connectivity index (χ1v) is 4.84. The van der Waals surface area contributed by atoms with Crippen LogP contribution in [-0.4, -0.2) is 24.2 Å². The molecule has 1 aromatic carbocycles. The maximum Gasteiger partial charge on any atom is 0.573 e. The van der Waals surface area contributed by atoms with E-state index in [1.165, 1.54) is 36.1 Å². The molecule has 0 radical (unpaired) electrons. The van der Waals surface area contributed by atoms with Crippen LogP contribution in [0.3, 0.4) is 0 Å². The van der Waals surface area contributed by atoms with Gasteiger partial charge in [0.25, 0.3) is 0 Å². The Hall–Kier alpha value is -1.72. The first kappa shape index (κ1) is 13.3. The Kier molecular flexibility index (Phi) is 3.98. The molecule has 94 valence electrons. The van der Waals surface area contributed by atoms with Crippen molar-refractivity contribution in [2.24, 2.45) is 0 Å². The van der Waals surface area contributed by atoms with Gasteiger partial charge >= 0.3 is 6.36 Å².